The number of pyridine rings is 2. The number of hydrogen-bond acceptors (Lipinski definition) is 7. The molecule has 186 valence electrons. The van der Waals surface area contributed by atoms with E-state index in [1.54, 1.807) is 6.20 Å². The maximum atomic E-state index is 13.2. The average molecular weight is 485 g/mol. The molecule has 7 heteroatoms. The van der Waals surface area contributed by atoms with Crippen molar-refractivity contribution in [2.75, 3.05) is 37.8 Å². The molecule has 1 saturated heterocycles. The smallest absolute Gasteiger partial charge is 0.237 e. The maximum absolute atomic E-state index is 13.2. The summed E-state index contributed by atoms with van der Waals surface area (Å²) in [6, 6.07) is 13.8. The van der Waals surface area contributed by atoms with E-state index in [9.17, 15) is 10.1 Å². The van der Waals surface area contributed by atoms with Crippen LogP contribution >= 0.6 is 0 Å². The average Bonchev–Trinajstić information content (AvgIpc) is 2.90. The molecule has 0 atom stereocenters. The predicted molar refractivity (Wildman–Crippen MR) is 140 cm³/mol. The summed E-state index contributed by atoms with van der Waals surface area (Å²) in [5.41, 5.74) is 5.33. The van der Waals surface area contributed by atoms with Gasteiger partial charge in [0, 0.05) is 43.0 Å². The van der Waals surface area contributed by atoms with Crippen LogP contribution in [0.1, 0.15) is 48.0 Å². The van der Waals surface area contributed by atoms with Crippen molar-refractivity contribution in [2.45, 2.75) is 39.5 Å². The summed E-state index contributed by atoms with van der Waals surface area (Å²) in [7, 11) is 0. The fourth-order valence-electron chi connectivity index (χ4n) is 4.24. The molecule has 1 aliphatic heterocycles. The van der Waals surface area contributed by atoms with Crippen LogP contribution in [0.3, 0.4) is 0 Å². The number of ketones is 1. The summed E-state index contributed by atoms with van der Waals surface area (Å²) >= 11 is 0. The Balaban J connectivity index is 1.63. The Morgan fingerprint density at radius 3 is 2.67 bits per heavy atom. The Bertz CT molecular complexity index is 1290. The van der Waals surface area contributed by atoms with Crippen LogP contribution in [-0.4, -0.2) is 48.7 Å². The zero-order valence-electron chi connectivity index (χ0n) is 21.4. The number of nitriles is 1. The van der Waals surface area contributed by atoms with E-state index in [-0.39, 0.29) is 12.2 Å². The van der Waals surface area contributed by atoms with E-state index in [4.69, 9.17) is 9.47 Å². The highest BCUT2D eigenvalue weighted by molar-refractivity contribution is 5.99. The fraction of sp³-hybridized carbons (Fsp3) is 0.379. The third-order valence-corrected chi connectivity index (χ3v) is 6.44. The third kappa shape index (κ3) is 5.55. The number of ether oxygens (including phenoxy) is 2. The zero-order valence-corrected chi connectivity index (χ0v) is 21.4. The molecule has 4 rings (SSSR count). The molecule has 0 unspecified atom stereocenters. The van der Waals surface area contributed by atoms with Gasteiger partial charge in [-0.3, -0.25) is 9.78 Å². The van der Waals surface area contributed by atoms with E-state index in [0.29, 0.717) is 37.0 Å². The van der Waals surface area contributed by atoms with Gasteiger partial charge in [0.15, 0.2) is 5.78 Å². The van der Waals surface area contributed by atoms with Gasteiger partial charge in [0.1, 0.15) is 5.69 Å². The van der Waals surface area contributed by atoms with Crippen LogP contribution < -0.4 is 9.64 Å². The van der Waals surface area contributed by atoms with Crippen molar-refractivity contribution in [3.05, 3.63) is 71.2 Å². The summed E-state index contributed by atoms with van der Waals surface area (Å²) in [6.07, 6.45) is 3.71. The number of Topliss-reactive ketones (excluding diaryl/α,β-unsaturated/α-hetero) is 1. The first-order chi connectivity index (χ1) is 17.3. The van der Waals surface area contributed by atoms with Gasteiger partial charge in [-0.1, -0.05) is 12.1 Å². The molecule has 0 bridgehead atoms. The first-order valence-electron chi connectivity index (χ1n) is 12.3. The standard InChI is InChI=1S/C29H32N4O3/c1-5-36-28-25(33-10-12-35-13-11-33)17-23(18-32-28)24-16-22(7-6-20(24)2)26(34)14-21-8-9-31-27(15-21)29(3,4)19-30/h6-9,15-18H,5,10-14H2,1-4H3. The fourth-order valence-corrected chi connectivity index (χ4v) is 4.24. The van der Waals surface area contributed by atoms with E-state index in [1.165, 1.54) is 0 Å². The molecule has 3 aromatic rings. The number of carbonyl (C=O) groups is 1. The number of carbonyl (C=O) groups excluding carboxylic acids is 1. The van der Waals surface area contributed by atoms with Crippen LogP contribution in [0.2, 0.25) is 0 Å². The Labute approximate surface area is 212 Å². The van der Waals surface area contributed by atoms with Crippen molar-refractivity contribution in [3.63, 3.8) is 0 Å². The number of aromatic nitrogens is 2. The van der Waals surface area contributed by atoms with Crippen molar-refractivity contribution < 1.29 is 14.3 Å². The molecule has 7 nitrogen and oxygen atoms in total. The third-order valence-electron chi connectivity index (χ3n) is 6.44. The number of anilines is 1. The van der Waals surface area contributed by atoms with Gasteiger partial charge in [-0.05, 0) is 68.7 Å². The highest BCUT2D eigenvalue weighted by atomic mass is 16.5. The first kappa shape index (κ1) is 25.3. The van der Waals surface area contributed by atoms with Crippen LogP contribution in [0.5, 0.6) is 5.88 Å². The van der Waals surface area contributed by atoms with Crippen molar-refractivity contribution in [1.82, 2.24) is 9.97 Å². The summed E-state index contributed by atoms with van der Waals surface area (Å²) in [6.45, 7) is 11.1. The van der Waals surface area contributed by atoms with Gasteiger partial charge in [-0.15, -0.1) is 0 Å². The van der Waals surface area contributed by atoms with Crippen LogP contribution in [0.4, 0.5) is 5.69 Å². The number of nitrogens with zero attached hydrogens (tertiary/aromatic N) is 4. The number of morpholine rings is 1. The van der Waals surface area contributed by atoms with Gasteiger partial charge >= 0.3 is 0 Å². The quantitative estimate of drug-likeness (QED) is 0.420. The molecule has 0 amide bonds. The molecule has 0 aliphatic carbocycles. The van der Waals surface area contributed by atoms with Gasteiger partial charge in [-0.25, -0.2) is 4.98 Å². The minimum atomic E-state index is -0.713. The highest BCUT2D eigenvalue weighted by Crippen LogP contribution is 2.34. The van der Waals surface area contributed by atoms with Crippen molar-refractivity contribution in [2.24, 2.45) is 0 Å². The second-order valence-corrected chi connectivity index (χ2v) is 9.50. The second-order valence-electron chi connectivity index (χ2n) is 9.50. The first-order valence-corrected chi connectivity index (χ1v) is 12.3. The Kier molecular flexibility index (Phi) is 7.66. The molecule has 36 heavy (non-hydrogen) atoms. The molecule has 1 aromatic carbocycles. The van der Waals surface area contributed by atoms with E-state index in [1.807, 2.05) is 64.2 Å². The largest absolute Gasteiger partial charge is 0.476 e. The Morgan fingerprint density at radius 1 is 1.17 bits per heavy atom. The lowest BCUT2D eigenvalue weighted by Crippen LogP contribution is -2.36. The topological polar surface area (TPSA) is 88.3 Å². The number of aryl methyl sites for hydroxylation is 1. The Morgan fingerprint density at radius 2 is 1.94 bits per heavy atom. The summed E-state index contributed by atoms with van der Waals surface area (Å²) in [5, 5.41) is 9.43. The molecular formula is C29H32N4O3. The lowest BCUT2D eigenvalue weighted by atomic mass is 9.89. The normalized spacial score (nSPS) is 13.8. The number of rotatable bonds is 8. The summed E-state index contributed by atoms with van der Waals surface area (Å²) in [4.78, 5) is 24.4. The van der Waals surface area contributed by atoms with Crippen LogP contribution in [0, 0.1) is 18.3 Å². The van der Waals surface area contributed by atoms with Gasteiger partial charge < -0.3 is 14.4 Å². The molecule has 3 heterocycles. The minimum absolute atomic E-state index is 0.00969. The van der Waals surface area contributed by atoms with E-state index < -0.39 is 5.41 Å². The Hall–Kier alpha value is -3.76. The van der Waals surface area contributed by atoms with Gasteiger partial charge in [0.2, 0.25) is 5.88 Å². The van der Waals surface area contributed by atoms with Crippen LogP contribution in [0.15, 0.2) is 48.8 Å². The summed E-state index contributed by atoms with van der Waals surface area (Å²) in [5.74, 6) is 0.622. The van der Waals surface area contributed by atoms with Gasteiger partial charge in [-0.2, -0.15) is 5.26 Å². The highest BCUT2D eigenvalue weighted by Gasteiger charge is 2.22. The number of benzene rings is 1. The molecule has 0 N–H and O–H groups in total. The lowest BCUT2D eigenvalue weighted by Gasteiger charge is -2.30. The molecule has 2 aromatic heterocycles. The number of hydrogen-bond donors (Lipinski definition) is 0. The van der Waals surface area contributed by atoms with E-state index in [0.717, 1.165) is 41.0 Å². The molecule has 1 fully saturated rings. The zero-order chi connectivity index (χ0) is 25.7. The monoisotopic (exact) mass is 484 g/mol. The van der Waals surface area contributed by atoms with Gasteiger partial charge in [0.25, 0.3) is 0 Å². The SMILES string of the molecule is CCOc1ncc(-c2cc(C(=O)Cc3ccnc(C(C)(C)C#N)c3)ccc2C)cc1N1CCOCC1. The summed E-state index contributed by atoms with van der Waals surface area (Å²) < 4.78 is 11.3. The second kappa shape index (κ2) is 10.9. The van der Waals surface area contributed by atoms with E-state index >= 15 is 0 Å². The lowest BCUT2D eigenvalue weighted by molar-refractivity contribution is 0.0993. The molecule has 0 saturated carbocycles. The van der Waals surface area contributed by atoms with Gasteiger partial charge in [0.05, 0.1) is 37.0 Å². The predicted octanol–water partition coefficient (Wildman–Crippen LogP) is 4.91. The maximum Gasteiger partial charge on any atom is 0.237 e. The van der Waals surface area contributed by atoms with Crippen LogP contribution in [0.25, 0.3) is 11.1 Å². The molecular weight excluding hydrogens is 452 g/mol. The molecule has 1 aliphatic rings. The minimum Gasteiger partial charge on any atom is -0.476 e. The van der Waals surface area contributed by atoms with Crippen molar-refractivity contribution in [3.8, 4) is 23.1 Å². The molecule has 0 spiro atoms. The van der Waals surface area contributed by atoms with Crippen LogP contribution in [-0.2, 0) is 16.6 Å². The van der Waals surface area contributed by atoms with Crippen molar-refractivity contribution in [1.29, 1.82) is 5.26 Å². The van der Waals surface area contributed by atoms with E-state index in [2.05, 4.69) is 27.0 Å². The van der Waals surface area contributed by atoms with Crippen molar-refractivity contribution >= 4 is 11.5 Å². The molecule has 0 radical (unpaired) electrons.